The number of para-hydroxylation sites is 1. The summed E-state index contributed by atoms with van der Waals surface area (Å²) >= 11 is 0. The highest BCUT2D eigenvalue weighted by atomic mass is 16.3. The minimum Gasteiger partial charge on any atom is -0.508 e. The van der Waals surface area contributed by atoms with E-state index in [1.54, 1.807) is 6.07 Å². The predicted molar refractivity (Wildman–Crippen MR) is 126 cm³/mol. The topological polar surface area (TPSA) is 46.9 Å². The van der Waals surface area contributed by atoms with Gasteiger partial charge in [0.05, 0.1) is 0 Å². The number of hydrogen-bond donors (Lipinski definition) is 2. The molecule has 2 rings (SSSR count). The molecule has 4 nitrogen and oxygen atoms in total. The van der Waals surface area contributed by atoms with Crippen molar-refractivity contribution in [2.75, 3.05) is 27.2 Å². The first-order valence-electron chi connectivity index (χ1n) is 10.8. The largest absolute Gasteiger partial charge is 0.508 e. The van der Waals surface area contributed by atoms with Gasteiger partial charge >= 0.3 is 0 Å². The number of rotatable bonds is 7. The van der Waals surface area contributed by atoms with Crippen LogP contribution < -0.4 is 0 Å². The van der Waals surface area contributed by atoms with Crippen LogP contribution in [0.2, 0.25) is 0 Å². The minimum atomic E-state index is -0.115. The zero-order valence-corrected chi connectivity index (χ0v) is 20.1. The summed E-state index contributed by atoms with van der Waals surface area (Å²) < 4.78 is 0. The van der Waals surface area contributed by atoms with Gasteiger partial charge in [-0.15, -0.1) is 0 Å². The maximum Gasteiger partial charge on any atom is 0.123 e. The Hall–Kier alpha value is -2.04. The Kier molecular flexibility index (Phi) is 7.59. The molecule has 166 valence electrons. The molecule has 0 atom stereocenters. The molecule has 0 fully saturated rings. The maximum absolute atomic E-state index is 11.0. The van der Waals surface area contributed by atoms with E-state index in [1.165, 1.54) is 5.56 Å². The second-order valence-corrected chi connectivity index (χ2v) is 10.6. The first-order chi connectivity index (χ1) is 13.8. The summed E-state index contributed by atoms with van der Waals surface area (Å²) in [4.78, 5) is 4.45. The molecule has 0 amide bonds. The molecule has 30 heavy (non-hydrogen) atoms. The van der Waals surface area contributed by atoms with E-state index in [-0.39, 0.29) is 10.8 Å². The lowest BCUT2D eigenvalue weighted by Gasteiger charge is -2.29. The Labute approximate surface area is 183 Å². The third-order valence-electron chi connectivity index (χ3n) is 5.60. The highest BCUT2D eigenvalue weighted by Gasteiger charge is 2.25. The Morgan fingerprint density at radius 1 is 0.733 bits per heavy atom. The molecule has 0 saturated carbocycles. The van der Waals surface area contributed by atoms with Crippen LogP contribution in [0, 0.1) is 0 Å². The molecule has 0 spiro atoms. The second-order valence-electron chi connectivity index (χ2n) is 10.6. The summed E-state index contributed by atoms with van der Waals surface area (Å²) in [5, 5.41) is 21.0. The van der Waals surface area contributed by atoms with Crippen LogP contribution in [0.3, 0.4) is 0 Å². The van der Waals surface area contributed by atoms with Crippen molar-refractivity contribution in [3.63, 3.8) is 0 Å². The average Bonchev–Trinajstić information content (AvgIpc) is 2.61. The maximum atomic E-state index is 11.0. The van der Waals surface area contributed by atoms with E-state index in [2.05, 4.69) is 77.6 Å². The van der Waals surface area contributed by atoms with Gasteiger partial charge in [-0.2, -0.15) is 0 Å². The van der Waals surface area contributed by atoms with Crippen LogP contribution in [-0.2, 0) is 23.9 Å². The number of hydrogen-bond acceptors (Lipinski definition) is 4. The van der Waals surface area contributed by atoms with E-state index in [4.69, 9.17) is 0 Å². The Morgan fingerprint density at radius 2 is 1.27 bits per heavy atom. The highest BCUT2D eigenvalue weighted by molar-refractivity contribution is 5.48. The lowest BCUT2D eigenvalue weighted by Crippen LogP contribution is -2.30. The van der Waals surface area contributed by atoms with Gasteiger partial charge in [0.25, 0.3) is 0 Å². The monoisotopic (exact) mass is 412 g/mol. The van der Waals surface area contributed by atoms with Gasteiger partial charge in [0, 0.05) is 37.3 Å². The molecule has 4 heteroatoms. The zero-order valence-electron chi connectivity index (χ0n) is 20.1. The standard InChI is InChI=1S/C26H40N2O2/c1-25(2,3)21-15-20(24(30)22(16-21)26(4,5)6)18-28(8)14-13-27(7)17-19-11-9-10-12-23(19)29/h9-12,15-16,29-30H,13-14,17-18H2,1-8H3. The van der Waals surface area contributed by atoms with Crippen LogP contribution in [0.1, 0.15) is 63.8 Å². The van der Waals surface area contributed by atoms with Crippen LogP contribution in [0.15, 0.2) is 36.4 Å². The Bertz CT molecular complexity index is 847. The molecule has 0 bridgehead atoms. The molecule has 0 unspecified atom stereocenters. The van der Waals surface area contributed by atoms with Crippen LogP contribution in [0.4, 0.5) is 0 Å². The first kappa shape index (κ1) is 24.2. The van der Waals surface area contributed by atoms with Crippen LogP contribution in [-0.4, -0.2) is 47.2 Å². The highest BCUT2D eigenvalue weighted by Crippen LogP contribution is 2.38. The summed E-state index contributed by atoms with van der Waals surface area (Å²) in [6.07, 6.45) is 0. The van der Waals surface area contributed by atoms with E-state index < -0.39 is 0 Å². The molecular formula is C26H40N2O2. The quantitative estimate of drug-likeness (QED) is 0.651. The van der Waals surface area contributed by atoms with Crippen molar-refractivity contribution < 1.29 is 10.2 Å². The molecule has 0 aromatic heterocycles. The SMILES string of the molecule is CN(CCN(C)Cc1cc(C(C)(C)C)cc(C(C)(C)C)c1O)Cc1ccccc1O. The lowest BCUT2D eigenvalue weighted by atomic mass is 9.79. The third-order valence-corrected chi connectivity index (χ3v) is 5.60. The number of benzene rings is 2. The number of likely N-dealkylation sites (N-methyl/N-ethyl adjacent to an activating group) is 2. The van der Waals surface area contributed by atoms with Gasteiger partial charge in [-0.1, -0.05) is 71.9 Å². The van der Waals surface area contributed by atoms with E-state index >= 15 is 0 Å². The fourth-order valence-electron chi connectivity index (χ4n) is 3.55. The predicted octanol–water partition coefficient (Wildman–Crippen LogP) is 5.26. The summed E-state index contributed by atoms with van der Waals surface area (Å²) in [5.41, 5.74) is 4.10. The number of phenols is 2. The Balaban J connectivity index is 2.10. The molecule has 2 aromatic rings. The molecule has 2 aromatic carbocycles. The van der Waals surface area contributed by atoms with Crippen molar-refractivity contribution in [3.8, 4) is 11.5 Å². The minimum absolute atomic E-state index is 0.0267. The summed E-state index contributed by atoms with van der Waals surface area (Å²) in [7, 11) is 4.16. The fraction of sp³-hybridized carbons (Fsp3) is 0.538. The van der Waals surface area contributed by atoms with Gasteiger partial charge in [-0.3, -0.25) is 0 Å². The number of nitrogens with zero attached hydrogens (tertiary/aromatic N) is 2. The normalized spacial score (nSPS) is 12.7. The van der Waals surface area contributed by atoms with Crippen LogP contribution >= 0.6 is 0 Å². The van der Waals surface area contributed by atoms with Crippen molar-refractivity contribution >= 4 is 0 Å². The van der Waals surface area contributed by atoms with Crippen molar-refractivity contribution in [2.24, 2.45) is 0 Å². The van der Waals surface area contributed by atoms with E-state index in [0.717, 1.165) is 29.8 Å². The van der Waals surface area contributed by atoms with Gasteiger partial charge < -0.3 is 20.0 Å². The molecule has 0 aliphatic rings. The molecule has 0 saturated heterocycles. The average molecular weight is 413 g/mol. The molecule has 0 heterocycles. The van der Waals surface area contributed by atoms with Gasteiger partial charge in [0.15, 0.2) is 0 Å². The Morgan fingerprint density at radius 3 is 1.77 bits per heavy atom. The van der Waals surface area contributed by atoms with Crippen molar-refractivity contribution in [3.05, 3.63) is 58.7 Å². The van der Waals surface area contributed by atoms with Gasteiger partial charge in [-0.05, 0) is 42.1 Å². The van der Waals surface area contributed by atoms with Crippen molar-refractivity contribution in [2.45, 2.75) is 65.5 Å². The van der Waals surface area contributed by atoms with Gasteiger partial charge in [0.2, 0.25) is 0 Å². The fourth-order valence-corrected chi connectivity index (χ4v) is 3.55. The van der Waals surface area contributed by atoms with Crippen LogP contribution in [0.25, 0.3) is 0 Å². The van der Waals surface area contributed by atoms with E-state index in [1.807, 2.05) is 18.2 Å². The molecule has 0 aliphatic heterocycles. The molecule has 2 N–H and O–H groups in total. The van der Waals surface area contributed by atoms with Crippen LogP contribution in [0.5, 0.6) is 11.5 Å². The number of phenolic OH excluding ortho intramolecular Hbond substituents is 2. The molecule has 0 aliphatic carbocycles. The van der Waals surface area contributed by atoms with Crippen molar-refractivity contribution in [1.29, 1.82) is 0 Å². The summed E-state index contributed by atoms with van der Waals surface area (Å²) in [5.74, 6) is 0.765. The van der Waals surface area contributed by atoms with E-state index in [9.17, 15) is 10.2 Å². The first-order valence-corrected chi connectivity index (χ1v) is 10.8. The lowest BCUT2D eigenvalue weighted by molar-refractivity contribution is 0.243. The zero-order chi connectivity index (χ0) is 22.7. The smallest absolute Gasteiger partial charge is 0.123 e. The molecule has 0 radical (unpaired) electrons. The van der Waals surface area contributed by atoms with Gasteiger partial charge in [-0.25, -0.2) is 0 Å². The summed E-state index contributed by atoms with van der Waals surface area (Å²) in [6, 6.07) is 11.8. The second kappa shape index (κ2) is 9.40. The van der Waals surface area contributed by atoms with Crippen molar-refractivity contribution in [1.82, 2.24) is 9.80 Å². The molecular weight excluding hydrogens is 372 g/mol. The summed E-state index contributed by atoms with van der Waals surface area (Å²) in [6.45, 7) is 16.2. The third kappa shape index (κ3) is 6.48. The van der Waals surface area contributed by atoms with E-state index in [0.29, 0.717) is 24.6 Å². The number of aromatic hydroxyl groups is 2. The van der Waals surface area contributed by atoms with Gasteiger partial charge in [0.1, 0.15) is 11.5 Å².